The Morgan fingerprint density at radius 1 is 1.50 bits per heavy atom. The summed E-state index contributed by atoms with van der Waals surface area (Å²) in [5.74, 6) is -0.0103. The van der Waals surface area contributed by atoms with E-state index in [1.807, 2.05) is 30.0 Å². The topological polar surface area (TPSA) is 58.4 Å². The fourth-order valence-corrected chi connectivity index (χ4v) is 3.57. The monoisotopic (exact) mass is 347 g/mol. The van der Waals surface area contributed by atoms with E-state index in [1.54, 1.807) is 23.9 Å². The summed E-state index contributed by atoms with van der Waals surface area (Å²) in [6.07, 6.45) is 3.75. The molecule has 0 saturated carbocycles. The van der Waals surface area contributed by atoms with Crippen LogP contribution in [0, 0.1) is 6.92 Å². The summed E-state index contributed by atoms with van der Waals surface area (Å²) >= 11 is 6.05. The first-order chi connectivity index (χ1) is 11.5. The van der Waals surface area contributed by atoms with Crippen LogP contribution in [0.15, 0.2) is 30.5 Å². The number of nitrogens with zero attached hydrogens (tertiary/aromatic N) is 3. The summed E-state index contributed by atoms with van der Waals surface area (Å²) in [6, 6.07) is 7.50. The molecule has 0 bridgehead atoms. The Morgan fingerprint density at radius 3 is 3.00 bits per heavy atom. The molecule has 1 amide bonds. The maximum Gasteiger partial charge on any atom is 0.257 e. The van der Waals surface area contributed by atoms with Crippen LogP contribution < -0.4 is 0 Å². The molecular weight excluding hydrogens is 326 g/mol. The molecule has 0 radical (unpaired) electrons. The van der Waals surface area contributed by atoms with E-state index >= 15 is 0 Å². The lowest BCUT2D eigenvalue weighted by Crippen LogP contribution is -2.37. The normalized spacial score (nSPS) is 18.8. The van der Waals surface area contributed by atoms with Gasteiger partial charge in [0, 0.05) is 17.6 Å². The van der Waals surface area contributed by atoms with E-state index in [9.17, 15) is 9.90 Å². The highest BCUT2D eigenvalue weighted by molar-refractivity contribution is 6.30. The van der Waals surface area contributed by atoms with E-state index in [0.29, 0.717) is 17.0 Å². The van der Waals surface area contributed by atoms with Crippen LogP contribution in [0.2, 0.25) is 5.02 Å². The van der Waals surface area contributed by atoms with Gasteiger partial charge in [0.05, 0.1) is 29.2 Å². The summed E-state index contributed by atoms with van der Waals surface area (Å²) in [4.78, 5) is 14.8. The van der Waals surface area contributed by atoms with Gasteiger partial charge in [-0.25, -0.2) is 4.68 Å². The molecule has 2 heterocycles. The molecule has 1 saturated heterocycles. The molecule has 1 fully saturated rings. The smallest absolute Gasteiger partial charge is 0.257 e. The van der Waals surface area contributed by atoms with Crippen molar-refractivity contribution in [3.05, 3.63) is 46.7 Å². The zero-order valence-electron chi connectivity index (χ0n) is 13.9. The number of carbonyl (C=O) groups excluding carboxylic acids is 1. The molecule has 1 aromatic heterocycles. The number of rotatable bonds is 4. The lowest BCUT2D eigenvalue weighted by atomic mass is 10.1. The number of aromatic nitrogens is 2. The number of hydrogen-bond acceptors (Lipinski definition) is 3. The molecule has 128 valence electrons. The van der Waals surface area contributed by atoms with Crippen molar-refractivity contribution in [3.8, 4) is 5.69 Å². The number of halogens is 1. The van der Waals surface area contributed by atoms with E-state index in [1.165, 1.54) is 0 Å². The van der Waals surface area contributed by atoms with Crippen molar-refractivity contribution in [1.82, 2.24) is 14.7 Å². The fourth-order valence-electron chi connectivity index (χ4n) is 3.38. The molecule has 1 N–H and O–H groups in total. The van der Waals surface area contributed by atoms with Gasteiger partial charge in [0.1, 0.15) is 0 Å². The van der Waals surface area contributed by atoms with Gasteiger partial charge in [-0.3, -0.25) is 4.79 Å². The number of carbonyl (C=O) groups is 1. The number of benzene rings is 1. The van der Waals surface area contributed by atoms with Crippen LogP contribution in [0.5, 0.6) is 0 Å². The number of amides is 1. The minimum Gasteiger partial charge on any atom is -0.393 e. The Balaban J connectivity index is 1.86. The second kappa shape index (κ2) is 6.95. The number of hydrogen-bond donors (Lipinski definition) is 1. The highest BCUT2D eigenvalue weighted by Crippen LogP contribution is 2.25. The van der Waals surface area contributed by atoms with Crippen molar-refractivity contribution in [2.75, 3.05) is 6.54 Å². The Labute approximate surface area is 146 Å². The molecule has 0 spiro atoms. The predicted molar refractivity (Wildman–Crippen MR) is 93.7 cm³/mol. The average Bonchev–Trinajstić information content (AvgIpc) is 3.13. The summed E-state index contributed by atoms with van der Waals surface area (Å²) in [5.41, 5.74) is 2.23. The molecule has 0 aliphatic carbocycles. The molecule has 2 unspecified atom stereocenters. The van der Waals surface area contributed by atoms with Gasteiger partial charge in [-0.2, -0.15) is 5.10 Å². The molecule has 3 rings (SSSR count). The minimum atomic E-state index is -0.404. The minimum absolute atomic E-state index is 0.0103. The largest absolute Gasteiger partial charge is 0.393 e. The third-order valence-corrected chi connectivity index (χ3v) is 4.78. The van der Waals surface area contributed by atoms with E-state index in [2.05, 4.69) is 5.10 Å². The maximum atomic E-state index is 12.9. The van der Waals surface area contributed by atoms with Gasteiger partial charge in [0.2, 0.25) is 0 Å². The zero-order chi connectivity index (χ0) is 17.3. The van der Waals surface area contributed by atoms with Crippen LogP contribution in [-0.2, 0) is 0 Å². The highest BCUT2D eigenvalue weighted by Gasteiger charge is 2.31. The van der Waals surface area contributed by atoms with Crippen LogP contribution in [0.25, 0.3) is 5.69 Å². The third-order valence-electron chi connectivity index (χ3n) is 4.54. The number of aliphatic hydroxyl groups excluding tert-OH is 1. The van der Waals surface area contributed by atoms with E-state index in [4.69, 9.17) is 11.6 Å². The molecule has 2 atom stereocenters. The Hall–Kier alpha value is -1.85. The standard InChI is InChI=1S/C18H22ClN3O2/c1-12(23)9-15-7-4-8-21(15)18(24)17-11-20-22(13(17)2)16-6-3-5-14(19)10-16/h3,5-6,10-12,15,23H,4,7-9H2,1-2H3. The first-order valence-corrected chi connectivity index (χ1v) is 8.64. The second-order valence-corrected chi connectivity index (χ2v) is 6.85. The quantitative estimate of drug-likeness (QED) is 0.923. The van der Waals surface area contributed by atoms with Gasteiger partial charge in [-0.1, -0.05) is 17.7 Å². The van der Waals surface area contributed by atoms with Gasteiger partial charge in [-0.05, 0) is 51.3 Å². The molecule has 1 aliphatic heterocycles. The van der Waals surface area contributed by atoms with Gasteiger partial charge in [0.25, 0.3) is 5.91 Å². The predicted octanol–water partition coefficient (Wildman–Crippen LogP) is 3.21. The van der Waals surface area contributed by atoms with Crippen molar-refractivity contribution in [2.45, 2.75) is 45.3 Å². The molecule has 6 heteroatoms. The lowest BCUT2D eigenvalue weighted by molar-refractivity contribution is 0.0681. The van der Waals surface area contributed by atoms with Crippen LogP contribution in [0.1, 0.15) is 42.2 Å². The zero-order valence-corrected chi connectivity index (χ0v) is 14.7. The molecule has 24 heavy (non-hydrogen) atoms. The van der Waals surface area contributed by atoms with Crippen molar-refractivity contribution in [1.29, 1.82) is 0 Å². The summed E-state index contributed by atoms with van der Waals surface area (Å²) in [6.45, 7) is 4.39. The maximum absolute atomic E-state index is 12.9. The molecular formula is C18H22ClN3O2. The van der Waals surface area contributed by atoms with Gasteiger partial charge in [0.15, 0.2) is 0 Å². The summed E-state index contributed by atoms with van der Waals surface area (Å²) in [7, 11) is 0. The van der Waals surface area contributed by atoms with Crippen LogP contribution >= 0.6 is 11.6 Å². The summed E-state index contributed by atoms with van der Waals surface area (Å²) in [5, 5.41) is 14.6. The molecule has 1 aromatic carbocycles. The molecule has 2 aromatic rings. The Bertz CT molecular complexity index is 742. The van der Waals surface area contributed by atoms with E-state index < -0.39 is 6.10 Å². The number of likely N-dealkylation sites (tertiary alicyclic amines) is 1. The lowest BCUT2D eigenvalue weighted by Gasteiger charge is -2.25. The van der Waals surface area contributed by atoms with Crippen LogP contribution in [0.3, 0.4) is 0 Å². The van der Waals surface area contributed by atoms with E-state index in [0.717, 1.165) is 30.8 Å². The first kappa shape index (κ1) is 17.0. The summed E-state index contributed by atoms with van der Waals surface area (Å²) < 4.78 is 1.73. The number of aliphatic hydroxyl groups is 1. The third kappa shape index (κ3) is 3.32. The van der Waals surface area contributed by atoms with Crippen LogP contribution in [0.4, 0.5) is 0 Å². The van der Waals surface area contributed by atoms with Crippen molar-refractivity contribution in [2.24, 2.45) is 0 Å². The fraction of sp³-hybridized carbons (Fsp3) is 0.444. The van der Waals surface area contributed by atoms with Gasteiger partial charge < -0.3 is 10.0 Å². The Kier molecular flexibility index (Phi) is 4.92. The van der Waals surface area contributed by atoms with Crippen LogP contribution in [-0.4, -0.2) is 44.4 Å². The first-order valence-electron chi connectivity index (χ1n) is 8.27. The van der Waals surface area contributed by atoms with Crippen molar-refractivity contribution >= 4 is 17.5 Å². The average molecular weight is 348 g/mol. The second-order valence-electron chi connectivity index (χ2n) is 6.41. The molecule has 1 aliphatic rings. The van der Waals surface area contributed by atoms with Gasteiger partial charge in [-0.15, -0.1) is 0 Å². The molecule has 5 nitrogen and oxygen atoms in total. The van der Waals surface area contributed by atoms with Crippen molar-refractivity contribution < 1.29 is 9.90 Å². The van der Waals surface area contributed by atoms with E-state index in [-0.39, 0.29) is 11.9 Å². The SMILES string of the molecule is Cc1c(C(=O)N2CCCC2CC(C)O)cnn1-c1cccc(Cl)c1. The van der Waals surface area contributed by atoms with Crippen molar-refractivity contribution in [3.63, 3.8) is 0 Å². The Morgan fingerprint density at radius 2 is 2.29 bits per heavy atom. The highest BCUT2D eigenvalue weighted by atomic mass is 35.5. The van der Waals surface area contributed by atoms with Gasteiger partial charge >= 0.3 is 0 Å².